The molecular weight excluding hydrogens is 580 g/mol. The number of benzene rings is 2. The minimum Gasteiger partial charge on any atom is -0.462 e. The minimum absolute atomic E-state index is 0.0163. The lowest BCUT2D eigenvalue weighted by atomic mass is 9.89. The van der Waals surface area contributed by atoms with Crippen molar-refractivity contribution >= 4 is 17.5 Å². The van der Waals surface area contributed by atoms with Crippen molar-refractivity contribution in [1.29, 1.82) is 0 Å². The van der Waals surface area contributed by atoms with Crippen molar-refractivity contribution in [2.45, 2.75) is 84.1 Å². The molecule has 0 radical (unpaired) electrons. The van der Waals surface area contributed by atoms with Gasteiger partial charge in [-0.25, -0.2) is 14.9 Å². The molecule has 2 heterocycles. The SMILES string of the molecule is CCCc1nc2c(n1Cc1ccc(-c3ccccc3-c3nnn[nH]3)cc1)C(=CC(=O)OCCOC(=O)C1CCCCC1)CCCC2. The second kappa shape index (κ2) is 15.1. The number of nitrogens with one attached hydrogen (secondary N) is 1. The number of fused-ring (bicyclic) bond motifs is 1. The first-order valence-electron chi connectivity index (χ1n) is 16.7. The van der Waals surface area contributed by atoms with Crippen LogP contribution in [0.2, 0.25) is 0 Å². The summed E-state index contributed by atoms with van der Waals surface area (Å²) >= 11 is 0. The Balaban J connectivity index is 1.18. The van der Waals surface area contributed by atoms with Crippen LogP contribution in [0, 0.1) is 5.92 Å². The van der Waals surface area contributed by atoms with Gasteiger partial charge in [0.15, 0.2) is 5.82 Å². The maximum Gasteiger partial charge on any atom is 0.331 e. The smallest absolute Gasteiger partial charge is 0.331 e. The van der Waals surface area contributed by atoms with Crippen LogP contribution < -0.4 is 0 Å². The number of nitrogens with zero attached hydrogens (tertiary/aromatic N) is 5. The molecule has 2 aromatic heterocycles. The van der Waals surface area contributed by atoms with E-state index in [-0.39, 0.29) is 25.1 Å². The van der Waals surface area contributed by atoms with Crippen LogP contribution in [0.5, 0.6) is 0 Å². The number of esters is 2. The van der Waals surface area contributed by atoms with Crippen LogP contribution >= 0.6 is 0 Å². The molecule has 0 bridgehead atoms. The first-order chi connectivity index (χ1) is 22.6. The topological polar surface area (TPSA) is 125 Å². The number of allylic oxidation sites excluding steroid dienone is 1. The van der Waals surface area contributed by atoms with Gasteiger partial charge in [0.2, 0.25) is 0 Å². The van der Waals surface area contributed by atoms with Crippen molar-refractivity contribution in [3.8, 4) is 22.5 Å². The summed E-state index contributed by atoms with van der Waals surface area (Å²) in [5, 5.41) is 14.4. The molecule has 2 aliphatic rings. The number of carbonyl (C=O) groups excluding carboxylic acids is 2. The molecule has 1 fully saturated rings. The monoisotopic (exact) mass is 622 g/mol. The fourth-order valence-electron chi connectivity index (χ4n) is 6.65. The van der Waals surface area contributed by atoms with E-state index in [9.17, 15) is 9.59 Å². The molecule has 0 aliphatic heterocycles. The predicted molar refractivity (Wildman–Crippen MR) is 174 cm³/mol. The van der Waals surface area contributed by atoms with Gasteiger partial charge >= 0.3 is 11.9 Å². The van der Waals surface area contributed by atoms with Gasteiger partial charge in [0, 0.05) is 24.6 Å². The highest BCUT2D eigenvalue weighted by Gasteiger charge is 2.24. The molecule has 1 saturated carbocycles. The van der Waals surface area contributed by atoms with E-state index in [1.54, 1.807) is 6.08 Å². The molecule has 0 amide bonds. The van der Waals surface area contributed by atoms with Gasteiger partial charge in [0.05, 0.1) is 17.3 Å². The number of hydrogen-bond donors (Lipinski definition) is 1. The van der Waals surface area contributed by atoms with Crippen LogP contribution in [0.4, 0.5) is 0 Å². The Labute approximate surface area is 269 Å². The standard InChI is InChI=1S/C36H42N6O4/c1-2-10-32-37-31-16-9-6-13-28(23-33(43)45-21-22-46-36(44)27-11-4-3-5-12-27)34(31)42(32)24-25-17-19-26(20-18-25)29-14-7-8-15-30(29)35-38-40-41-39-35/h7-8,14-15,17-20,23,27H,2-6,9-13,16,21-22,24H2,1H3,(H,38,39,40,41). The molecule has 1 N–H and O–H groups in total. The Morgan fingerprint density at radius 2 is 1.70 bits per heavy atom. The lowest BCUT2D eigenvalue weighted by Gasteiger charge is -2.19. The number of H-pyrrole nitrogens is 1. The third-order valence-electron chi connectivity index (χ3n) is 8.94. The molecule has 10 heteroatoms. The van der Waals surface area contributed by atoms with Crippen LogP contribution in [-0.4, -0.2) is 55.3 Å². The predicted octanol–water partition coefficient (Wildman–Crippen LogP) is 6.51. The molecule has 0 saturated heterocycles. The van der Waals surface area contributed by atoms with E-state index < -0.39 is 5.97 Å². The van der Waals surface area contributed by atoms with E-state index >= 15 is 0 Å². The van der Waals surface area contributed by atoms with E-state index in [1.807, 2.05) is 18.2 Å². The summed E-state index contributed by atoms with van der Waals surface area (Å²) in [5.41, 5.74) is 7.24. The molecular formula is C36H42N6O4. The van der Waals surface area contributed by atoms with E-state index in [0.717, 1.165) is 109 Å². The summed E-state index contributed by atoms with van der Waals surface area (Å²) in [6, 6.07) is 16.6. The normalized spacial score (nSPS) is 16.2. The van der Waals surface area contributed by atoms with Gasteiger partial charge in [-0.15, -0.1) is 5.10 Å². The average molecular weight is 623 g/mol. The summed E-state index contributed by atoms with van der Waals surface area (Å²) in [4.78, 5) is 30.4. The zero-order chi connectivity index (χ0) is 31.7. The number of aryl methyl sites for hydroxylation is 2. The maximum atomic E-state index is 13.0. The van der Waals surface area contributed by atoms with Crippen molar-refractivity contribution in [3.63, 3.8) is 0 Å². The first kappa shape index (κ1) is 31.4. The number of hydrogen-bond acceptors (Lipinski definition) is 8. The molecule has 2 aliphatic carbocycles. The summed E-state index contributed by atoms with van der Waals surface area (Å²) in [6.07, 6.45) is 12.2. The zero-order valence-corrected chi connectivity index (χ0v) is 26.5. The van der Waals surface area contributed by atoms with Crippen LogP contribution in [0.15, 0.2) is 54.6 Å². The fourth-order valence-corrected chi connectivity index (χ4v) is 6.65. The van der Waals surface area contributed by atoms with Crippen LogP contribution in [0.1, 0.15) is 87.5 Å². The third kappa shape index (κ3) is 7.43. The number of carbonyl (C=O) groups is 2. The van der Waals surface area contributed by atoms with Crippen LogP contribution in [0.3, 0.4) is 0 Å². The van der Waals surface area contributed by atoms with Crippen molar-refractivity contribution in [2.75, 3.05) is 13.2 Å². The molecule has 240 valence electrons. The first-order valence-corrected chi connectivity index (χ1v) is 16.7. The number of rotatable bonds is 11. The van der Waals surface area contributed by atoms with Crippen molar-refractivity contribution in [1.82, 2.24) is 30.2 Å². The van der Waals surface area contributed by atoms with Crippen LogP contribution in [-0.2, 0) is 38.4 Å². The second-order valence-corrected chi connectivity index (χ2v) is 12.2. The molecule has 0 atom stereocenters. The van der Waals surface area contributed by atoms with Gasteiger partial charge in [0.25, 0.3) is 0 Å². The van der Waals surface area contributed by atoms with E-state index in [0.29, 0.717) is 12.4 Å². The minimum atomic E-state index is -0.411. The van der Waals surface area contributed by atoms with Gasteiger partial charge in [-0.2, -0.15) is 0 Å². The Morgan fingerprint density at radius 3 is 2.46 bits per heavy atom. The van der Waals surface area contributed by atoms with Gasteiger partial charge in [-0.1, -0.05) is 74.7 Å². The summed E-state index contributed by atoms with van der Waals surface area (Å²) in [5.74, 6) is 1.07. The Bertz CT molecular complexity index is 1650. The van der Waals surface area contributed by atoms with Gasteiger partial charge in [-0.05, 0) is 77.6 Å². The number of imidazole rings is 1. The number of tetrazole rings is 1. The highest BCUT2D eigenvalue weighted by Crippen LogP contribution is 2.33. The Hall–Kier alpha value is -4.60. The van der Waals surface area contributed by atoms with Crippen molar-refractivity contribution in [3.05, 3.63) is 77.4 Å². The lowest BCUT2D eigenvalue weighted by Crippen LogP contribution is -2.22. The number of ether oxygens (including phenoxy) is 2. The summed E-state index contributed by atoms with van der Waals surface area (Å²) in [6.45, 7) is 2.95. The summed E-state index contributed by atoms with van der Waals surface area (Å²) in [7, 11) is 0. The third-order valence-corrected chi connectivity index (χ3v) is 8.94. The summed E-state index contributed by atoms with van der Waals surface area (Å²) < 4.78 is 13.2. The van der Waals surface area contributed by atoms with E-state index in [1.165, 1.54) is 6.42 Å². The maximum absolute atomic E-state index is 13.0. The molecule has 2 aromatic carbocycles. The molecule has 46 heavy (non-hydrogen) atoms. The van der Waals surface area contributed by atoms with E-state index in [4.69, 9.17) is 14.5 Å². The lowest BCUT2D eigenvalue weighted by molar-refractivity contribution is -0.154. The molecule has 4 aromatic rings. The Kier molecular flexibility index (Phi) is 10.3. The second-order valence-electron chi connectivity index (χ2n) is 12.2. The average Bonchev–Trinajstić information content (AvgIpc) is 3.69. The molecule has 6 rings (SSSR count). The number of aromatic amines is 1. The quantitative estimate of drug-likeness (QED) is 0.0869. The highest BCUT2D eigenvalue weighted by atomic mass is 16.6. The van der Waals surface area contributed by atoms with E-state index in [2.05, 4.69) is 62.4 Å². The van der Waals surface area contributed by atoms with Crippen molar-refractivity contribution < 1.29 is 19.1 Å². The Morgan fingerprint density at radius 1 is 0.935 bits per heavy atom. The fraction of sp³-hybridized carbons (Fsp3) is 0.444. The number of aromatic nitrogens is 6. The highest BCUT2D eigenvalue weighted by molar-refractivity contribution is 5.91. The zero-order valence-electron chi connectivity index (χ0n) is 26.5. The molecule has 0 spiro atoms. The molecule has 10 nitrogen and oxygen atoms in total. The van der Waals surface area contributed by atoms with Crippen LogP contribution in [0.25, 0.3) is 28.1 Å². The van der Waals surface area contributed by atoms with Gasteiger partial charge in [-0.3, -0.25) is 4.79 Å². The largest absolute Gasteiger partial charge is 0.462 e. The van der Waals surface area contributed by atoms with Gasteiger partial charge < -0.3 is 14.0 Å². The van der Waals surface area contributed by atoms with Gasteiger partial charge in [0.1, 0.15) is 19.0 Å². The molecule has 0 unspecified atom stereocenters. The van der Waals surface area contributed by atoms with Crippen molar-refractivity contribution in [2.24, 2.45) is 5.92 Å².